The molecule has 0 aromatic heterocycles. The Bertz CT molecular complexity index is 171. The van der Waals surface area contributed by atoms with Gasteiger partial charge >= 0.3 is 0 Å². The number of hydrogen-bond donors (Lipinski definition) is 1. The summed E-state index contributed by atoms with van der Waals surface area (Å²) in [5.41, 5.74) is 5.41. The molecule has 0 bridgehead atoms. The van der Waals surface area contributed by atoms with Crippen molar-refractivity contribution in [3.05, 3.63) is 0 Å². The maximum atomic E-state index is 11.2. The van der Waals surface area contributed by atoms with Gasteiger partial charge in [-0.1, -0.05) is 19.3 Å². The number of likely N-dealkylation sites (tertiary alicyclic amines) is 1. The highest BCUT2D eigenvalue weighted by molar-refractivity contribution is 5.77. The fourth-order valence-corrected chi connectivity index (χ4v) is 1.92. The standard InChI is InChI=1S/C11H22N2O/c12-8-4-2-1-3-5-9-13-10-6-7-11(13)14/h1-10,12H2. The lowest BCUT2D eigenvalue weighted by Gasteiger charge is -2.14. The van der Waals surface area contributed by atoms with Crippen LogP contribution in [0.4, 0.5) is 0 Å². The van der Waals surface area contributed by atoms with E-state index < -0.39 is 0 Å². The summed E-state index contributed by atoms with van der Waals surface area (Å²) in [7, 11) is 0. The minimum Gasteiger partial charge on any atom is -0.343 e. The summed E-state index contributed by atoms with van der Waals surface area (Å²) in [6, 6.07) is 0. The molecule has 14 heavy (non-hydrogen) atoms. The minimum absolute atomic E-state index is 0.354. The van der Waals surface area contributed by atoms with Crippen molar-refractivity contribution in [2.45, 2.75) is 44.9 Å². The molecular weight excluding hydrogens is 176 g/mol. The van der Waals surface area contributed by atoms with Gasteiger partial charge in [0.2, 0.25) is 5.91 Å². The summed E-state index contributed by atoms with van der Waals surface area (Å²) in [6.07, 6.45) is 7.88. The van der Waals surface area contributed by atoms with Crippen LogP contribution in [0.15, 0.2) is 0 Å². The third kappa shape index (κ3) is 4.09. The van der Waals surface area contributed by atoms with Gasteiger partial charge in [-0.15, -0.1) is 0 Å². The van der Waals surface area contributed by atoms with Gasteiger partial charge in [0.05, 0.1) is 0 Å². The summed E-state index contributed by atoms with van der Waals surface area (Å²) in [5.74, 6) is 0.354. The molecule has 0 aliphatic carbocycles. The van der Waals surface area contributed by atoms with E-state index in [4.69, 9.17) is 5.73 Å². The number of hydrogen-bond acceptors (Lipinski definition) is 2. The molecule has 0 aromatic rings. The molecule has 0 spiro atoms. The van der Waals surface area contributed by atoms with Crippen LogP contribution in [0.1, 0.15) is 44.9 Å². The molecule has 0 radical (unpaired) electrons. The van der Waals surface area contributed by atoms with Gasteiger partial charge in [0.15, 0.2) is 0 Å². The Hall–Kier alpha value is -0.570. The molecule has 3 heteroatoms. The van der Waals surface area contributed by atoms with Crippen LogP contribution in [-0.4, -0.2) is 30.4 Å². The van der Waals surface area contributed by atoms with Gasteiger partial charge in [0.25, 0.3) is 0 Å². The molecule has 0 saturated carbocycles. The number of nitrogens with zero attached hydrogens (tertiary/aromatic N) is 1. The van der Waals surface area contributed by atoms with Crippen molar-refractivity contribution >= 4 is 5.91 Å². The van der Waals surface area contributed by atoms with Gasteiger partial charge in [-0.3, -0.25) is 4.79 Å². The van der Waals surface area contributed by atoms with Crippen LogP contribution in [-0.2, 0) is 4.79 Å². The van der Waals surface area contributed by atoms with Crippen molar-refractivity contribution in [3.63, 3.8) is 0 Å². The van der Waals surface area contributed by atoms with Gasteiger partial charge in [-0.2, -0.15) is 0 Å². The monoisotopic (exact) mass is 198 g/mol. The molecule has 1 rings (SSSR count). The van der Waals surface area contributed by atoms with E-state index in [1.807, 2.05) is 4.90 Å². The molecule has 0 unspecified atom stereocenters. The average Bonchev–Trinajstić information content (AvgIpc) is 2.58. The Morgan fingerprint density at radius 1 is 1.14 bits per heavy atom. The van der Waals surface area contributed by atoms with Gasteiger partial charge in [-0.05, 0) is 25.8 Å². The van der Waals surface area contributed by atoms with Crippen molar-refractivity contribution in [1.82, 2.24) is 4.90 Å². The lowest BCUT2D eigenvalue weighted by Crippen LogP contribution is -2.25. The van der Waals surface area contributed by atoms with Gasteiger partial charge in [0, 0.05) is 19.5 Å². The smallest absolute Gasteiger partial charge is 0.222 e. The second kappa shape index (κ2) is 6.82. The molecule has 2 N–H and O–H groups in total. The van der Waals surface area contributed by atoms with Crippen LogP contribution in [0.5, 0.6) is 0 Å². The van der Waals surface area contributed by atoms with Crippen LogP contribution in [0.3, 0.4) is 0 Å². The number of carbonyl (C=O) groups is 1. The zero-order valence-corrected chi connectivity index (χ0v) is 9.00. The number of carbonyl (C=O) groups excluding carboxylic acids is 1. The molecule has 1 aliphatic heterocycles. The average molecular weight is 198 g/mol. The minimum atomic E-state index is 0.354. The molecular formula is C11H22N2O. The number of nitrogens with two attached hydrogens (primary N) is 1. The molecule has 1 fully saturated rings. The molecule has 0 aromatic carbocycles. The van der Waals surface area contributed by atoms with E-state index in [2.05, 4.69) is 0 Å². The topological polar surface area (TPSA) is 46.3 Å². The first-order chi connectivity index (χ1) is 6.84. The van der Waals surface area contributed by atoms with E-state index in [1.54, 1.807) is 0 Å². The van der Waals surface area contributed by atoms with Crippen molar-refractivity contribution < 1.29 is 4.79 Å². The van der Waals surface area contributed by atoms with Crippen molar-refractivity contribution in [3.8, 4) is 0 Å². The number of rotatable bonds is 7. The highest BCUT2D eigenvalue weighted by atomic mass is 16.2. The molecule has 1 aliphatic rings. The zero-order valence-electron chi connectivity index (χ0n) is 9.00. The van der Waals surface area contributed by atoms with E-state index in [-0.39, 0.29) is 0 Å². The molecule has 3 nitrogen and oxygen atoms in total. The number of amides is 1. The molecule has 1 saturated heterocycles. The van der Waals surface area contributed by atoms with E-state index in [9.17, 15) is 4.79 Å². The Kier molecular flexibility index (Phi) is 5.60. The third-order valence-corrected chi connectivity index (χ3v) is 2.80. The predicted molar refractivity (Wildman–Crippen MR) is 58.0 cm³/mol. The normalized spacial score (nSPS) is 16.6. The summed E-state index contributed by atoms with van der Waals surface area (Å²) in [6.45, 7) is 2.77. The van der Waals surface area contributed by atoms with Crippen molar-refractivity contribution in [2.24, 2.45) is 5.73 Å². The van der Waals surface area contributed by atoms with E-state index >= 15 is 0 Å². The molecule has 1 amide bonds. The van der Waals surface area contributed by atoms with Crippen LogP contribution < -0.4 is 5.73 Å². The number of unbranched alkanes of at least 4 members (excludes halogenated alkanes) is 4. The first kappa shape index (κ1) is 11.5. The Morgan fingerprint density at radius 3 is 2.50 bits per heavy atom. The van der Waals surface area contributed by atoms with Gasteiger partial charge in [0.1, 0.15) is 0 Å². The van der Waals surface area contributed by atoms with E-state index in [1.165, 1.54) is 19.3 Å². The van der Waals surface area contributed by atoms with Crippen LogP contribution in [0.2, 0.25) is 0 Å². The molecule has 0 atom stereocenters. The van der Waals surface area contributed by atoms with Crippen LogP contribution >= 0.6 is 0 Å². The zero-order chi connectivity index (χ0) is 10.2. The lowest BCUT2D eigenvalue weighted by atomic mass is 10.1. The Balaban J connectivity index is 1.90. The Labute approximate surface area is 86.6 Å². The highest BCUT2D eigenvalue weighted by Gasteiger charge is 2.18. The molecule has 82 valence electrons. The first-order valence-electron chi connectivity index (χ1n) is 5.82. The maximum absolute atomic E-state index is 11.2. The highest BCUT2D eigenvalue weighted by Crippen LogP contribution is 2.11. The van der Waals surface area contributed by atoms with Crippen molar-refractivity contribution in [1.29, 1.82) is 0 Å². The van der Waals surface area contributed by atoms with Gasteiger partial charge < -0.3 is 10.6 Å². The van der Waals surface area contributed by atoms with E-state index in [0.29, 0.717) is 5.91 Å². The fraction of sp³-hybridized carbons (Fsp3) is 0.909. The summed E-state index contributed by atoms with van der Waals surface area (Å²) in [4.78, 5) is 13.3. The van der Waals surface area contributed by atoms with Crippen LogP contribution in [0.25, 0.3) is 0 Å². The fourth-order valence-electron chi connectivity index (χ4n) is 1.92. The second-order valence-corrected chi connectivity index (χ2v) is 4.04. The molecule has 1 heterocycles. The van der Waals surface area contributed by atoms with E-state index in [0.717, 1.165) is 45.3 Å². The third-order valence-electron chi connectivity index (χ3n) is 2.80. The second-order valence-electron chi connectivity index (χ2n) is 4.04. The predicted octanol–water partition coefficient (Wildman–Crippen LogP) is 1.52. The first-order valence-corrected chi connectivity index (χ1v) is 5.82. The largest absolute Gasteiger partial charge is 0.343 e. The quantitative estimate of drug-likeness (QED) is 0.630. The Morgan fingerprint density at radius 2 is 1.86 bits per heavy atom. The van der Waals surface area contributed by atoms with Gasteiger partial charge in [-0.25, -0.2) is 0 Å². The summed E-state index contributed by atoms with van der Waals surface area (Å²) >= 11 is 0. The van der Waals surface area contributed by atoms with Crippen molar-refractivity contribution in [2.75, 3.05) is 19.6 Å². The maximum Gasteiger partial charge on any atom is 0.222 e. The lowest BCUT2D eigenvalue weighted by molar-refractivity contribution is -0.127. The summed E-state index contributed by atoms with van der Waals surface area (Å²) < 4.78 is 0. The SMILES string of the molecule is NCCCCCCCN1CCCC1=O. The summed E-state index contributed by atoms with van der Waals surface area (Å²) in [5, 5.41) is 0. The van der Waals surface area contributed by atoms with Crippen LogP contribution in [0, 0.1) is 0 Å².